The van der Waals surface area contributed by atoms with Crippen LogP contribution in [0.15, 0.2) is 30.6 Å². The summed E-state index contributed by atoms with van der Waals surface area (Å²) < 4.78 is 66.2. The minimum Gasteiger partial charge on any atom is -0.396 e. The van der Waals surface area contributed by atoms with Gasteiger partial charge in [-0.2, -0.15) is 17.5 Å². The second-order valence-corrected chi connectivity index (χ2v) is 10.6. The number of nitrogen functional groups attached to an aromatic ring is 1. The topological polar surface area (TPSA) is 92.4 Å². The number of benzene rings is 1. The van der Waals surface area contributed by atoms with Gasteiger partial charge in [0, 0.05) is 24.8 Å². The highest BCUT2D eigenvalue weighted by molar-refractivity contribution is 7.89. The molecule has 1 saturated carbocycles. The van der Waals surface area contributed by atoms with E-state index in [4.69, 9.17) is 5.73 Å². The molecule has 2 aromatic rings. The van der Waals surface area contributed by atoms with E-state index in [9.17, 15) is 21.6 Å². The smallest absolute Gasteiger partial charge is 0.396 e. The Bertz CT molecular complexity index is 1090. The predicted molar refractivity (Wildman–Crippen MR) is 115 cm³/mol. The van der Waals surface area contributed by atoms with Crippen LogP contribution in [0.25, 0.3) is 0 Å². The fraction of sp³-hybridized carbons (Fsp3) is 0.524. The Hall–Kier alpha value is -2.40. The SMILES string of the molecule is CC(C)c1cccc2c1CN(S(=O)(=O)C(F)(F)F)CC(C1CC1)N2Cc1ncc(N)cn1. The van der Waals surface area contributed by atoms with Gasteiger partial charge in [0.25, 0.3) is 0 Å². The van der Waals surface area contributed by atoms with Crippen molar-refractivity contribution in [3.05, 3.63) is 47.5 Å². The minimum absolute atomic E-state index is 0.00693. The fourth-order valence-electron chi connectivity index (χ4n) is 4.32. The number of fused-ring (bicyclic) bond motifs is 1. The van der Waals surface area contributed by atoms with Crippen LogP contribution in [0.1, 0.15) is 49.6 Å². The molecule has 0 amide bonds. The van der Waals surface area contributed by atoms with Crippen LogP contribution >= 0.6 is 0 Å². The summed E-state index contributed by atoms with van der Waals surface area (Å²) in [6.07, 6.45) is 4.64. The Morgan fingerprint density at radius 3 is 2.41 bits per heavy atom. The summed E-state index contributed by atoms with van der Waals surface area (Å²) in [6, 6.07) is 5.13. The molecule has 2 heterocycles. The van der Waals surface area contributed by atoms with E-state index in [1.807, 2.05) is 36.9 Å². The number of halogens is 3. The molecule has 0 radical (unpaired) electrons. The molecule has 1 aliphatic heterocycles. The highest BCUT2D eigenvalue weighted by Crippen LogP contribution is 2.44. The Labute approximate surface area is 185 Å². The van der Waals surface area contributed by atoms with Gasteiger partial charge in [0.2, 0.25) is 0 Å². The zero-order valence-corrected chi connectivity index (χ0v) is 18.7. The molecule has 174 valence electrons. The van der Waals surface area contributed by atoms with E-state index < -0.39 is 21.6 Å². The van der Waals surface area contributed by atoms with Crippen molar-refractivity contribution in [3.63, 3.8) is 0 Å². The summed E-state index contributed by atoms with van der Waals surface area (Å²) in [6.45, 7) is 3.56. The third-order valence-electron chi connectivity index (χ3n) is 6.08. The van der Waals surface area contributed by atoms with E-state index in [1.54, 1.807) is 0 Å². The third kappa shape index (κ3) is 4.27. The number of hydrogen-bond donors (Lipinski definition) is 1. The van der Waals surface area contributed by atoms with Crippen molar-refractivity contribution >= 4 is 21.4 Å². The molecule has 0 bridgehead atoms. The standard InChI is InChI=1S/C21H26F3N5O2S/c1-13(2)16-4-3-5-18-17(16)10-28(32(30,31)21(22,23)24)11-19(14-6-7-14)29(18)12-20-26-8-15(25)9-27-20/h3-5,8-9,13-14,19H,6-7,10-12,25H2,1-2H3. The van der Waals surface area contributed by atoms with Crippen LogP contribution in [0.4, 0.5) is 24.5 Å². The Kier molecular flexibility index (Phi) is 5.83. The van der Waals surface area contributed by atoms with Crippen LogP contribution in [0.3, 0.4) is 0 Å². The molecule has 32 heavy (non-hydrogen) atoms. The second kappa shape index (κ2) is 8.18. The van der Waals surface area contributed by atoms with Gasteiger partial charge in [-0.3, -0.25) is 0 Å². The molecule has 11 heteroatoms. The number of anilines is 2. The van der Waals surface area contributed by atoms with Crippen LogP contribution in [-0.4, -0.2) is 40.8 Å². The van der Waals surface area contributed by atoms with Crippen molar-refractivity contribution in [1.29, 1.82) is 0 Å². The van der Waals surface area contributed by atoms with Gasteiger partial charge in [-0.15, -0.1) is 0 Å². The second-order valence-electron chi connectivity index (χ2n) is 8.71. The molecule has 1 aromatic carbocycles. The Balaban J connectivity index is 1.85. The maximum Gasteiger partial charge on any atom is 0.511 e. The lowest BCUT2D eigenvalue weighted by Gasteiger charge is -2.34. The number of alkyl halides is 3. The first-order valence-electron chi connectivity index (χ1n) is 10.5. The van der Waals surface area contributed by atoms with Crippen molar-refractivity contribution in [2.45, 2.75) is 57.2 Å². The zero-order chi connectivity index (χ0) is 23.3. The van der Waals surface area contributed by atoms with Gasteiger partial charge in [0.05, 0.1) is 24.6 Å². The van der Waals surface area contributed by atoms with Crippen molar-refractivity contribution in [2.75, 3.05) is 17.2 Å². The molecule has 0 saturated heterocycles. The molecule has 2 aliphatic rings. The van der Waals surface area contributed by atoms with E-state index in [2.05, 4.69) is 9.97 Å². The lowest BCUT2D eigenvalue weighted by Crippen LogP contribution is -2.47. The average molecular weight is 470 g/mol. The van der Waals surface area contributed by atoms with Crippen LogP contribution in [0, 0.1) is 5.92 Å². The van der Waals surface area contributed by atoms with E-state index >= 15 is 0 Å². The summed E-state index contributed by atoms with van der Waals surface area (Å²) in [5.74, 6) is 0.578. The largest absolute Gasteiger partial charge is 0.511 e. The monoisotopic (exact) mass is 469 g/mol. The van der Waals surface area contributed by atoms with Crippen molar-refractivity contribution in [2.24, 2.45) is 5.92 Å². The number of hydrogen-bond acceptors (Lipinski definition) is 6. The molecule has 2 N–H and O–H groups in total. The maximum atomic E-state index is 13.5. The van der Waals surface area contributed by atoms with Gasteiger partial charge in [-0.05, 0) is 41.9 Å². The first-order valence-corrected chi connectivity index (χ1v) is 11.9. The van der Waals surface area contributed by atoms with Gasteiger partial charge in [0.1, 0.15) is 5.82 Å². The van der Waals surface area contributed by atoms with Gasteiger partial charge >= 0.3 is 15.5 Å². The Morgan fingerprint density at radius 2 is 1.84 bits per heavy atom. The Morgan fingerprint density at radius 1 is 1.19 bits per heavy atom. The predicted octanol–water partition coefficient (Wildman–Crippen LogP) is 3.63. The van der Waals surface area contributed by atoms with E-state index in [-0.39, 0.29) is 31.5 Å². The molecule has 0 spiro atoms. The molecule has 1 atom stereocenters. The number of sulfonamides is 1. The number of nitrogens with two attached hydrogens (primary N) is 1. The van der Waals surface area contributed by atoms with Crippen molar-refractivity contribution < 1.29 is 21.6 Å². The summed E-state index contributed by atoms with van der Waals surface area (Å²) >= 11 is 0. The van der Waals surface area contributed by atoms with Crippen LogP contribution < -0.4 is 10.6 Å². The highest BCUT2D eigenvalue weighted by Gasteiger charge is 2.52. The molecule has 1 aromatic heterocycles. The fourth-order valence-corrected chi connectivity index (χ4v) is 5.26. The van der Waals surface area contributed by atoms with Crippen molar-refractivity contribution in [3.8, 4) is 0 Å². The van der Waals surface area contributed by atoms with Crippen LogP contribution in [-0.2, 0) is 23.1 Å². The van der Waals surface area contributed by atoms with E-state index in [0.29, 0.717) is 21.4 Å². The average Bonchev–Trinajstić information content (AvgIpc) is 3.55. The van der Waals surface area contributed by atoms with Crippen LogP contribution in [0.2, 0.25) is 0 Å². The third-order valence-corrected chi connectivity index (χ3v) is 7.62. The number of aromatic nitrogens is 2. The molecule has 1 fully saturated rings. The first kappa shape index (κ1) is 22.8. The number of nitrogens with zero attached hydrogens (tertiary/aromatic N) is 4. The van der Waals surface area contributed by atoms with Crippen LogP contribution in [0.5, 0.6) is 0 Å². The van der Waals surface area contributed by atoms with E-state index in [0.717, 1.165) is 24.1 Å². The molecule has 4 rings (SSSR count). The molecular formula is C21H26F3N5O2S. The van der Waals surface area contributed by atoms with Gasteiger partial charge in [-0.1, -0.05) is 26.0 Å². The summed E-state index contributed by atoms with van der Waals surface area (Å²) in [4.78, 5) is 10.5. The van der Waals surface area contributed by atoms with Gasteiger partial charge < -0.3 is 10.6 Å². The van der Waals surface area contributed by atoms with Gasteiger partial charge in [0.15, 0.2) is 0 Å². The minimum atomic E-state index is -5.49. The summed E-state index contributed by atoms with van der Waals surface area (Å²) in [7, 11) is -5.49. The highest BCUT2D eigenvalue weighted by atomic mass is 32.2. The summed E-state index contributed by atoms with van der Waals surface area (Å²) in [5, 5.41) is 0. The van der Waals surface area contributed by atoms with Crippen molar-refractivity contribution in [1.82, 2.24) is 14.3 Å². The normalized spacial score (nSPS) is 20.3. The van der Waals surface area contributed by atoms with E-state index in [1.165, 1.54) is 12.4 Å². The number of rotatable bonds is 5. The maximum absolute atomic E-state index is 13.5. The summed E-state index contributed by atoms with van der Waals surface area (Å²) in [5.41, 5.74) is 2.89. The first-order chi connectivity index (χ1) is 15.0. The lowest BCUT2D eigenvalue weighted by molar-refractivity contribution is -0.0492. The van der Waals surface area contributed by atoms with Gasteiger partial charge in [-0.25, -0.2) is 18.4 Å². The zero-order valence-electron chi connectivity index (χ0n) is 17.9. The molecule has 1 aliphatic carbocycles. The molecule has 7 nitrogen and oxygen atoms in total. The molecule has 1 unspecified atom stereocenters. The quantitative estimate of drug-likeness (QED) is 0.719. The lowest BCUT2D eigenvalue weighted by atomic mass is 9.95. The molecular weight excluding hydrogens is 443 g/mol.